The van der Waals surface area contributed by atoms with E-state index in [0.717, 1.165) is 0 Å². The Labute approximate surface area is 150 Å². The third kappa shape index (κ3) is 4.90. The van der Waals surface area contributed by atoms with Crippen LogP contribution in [0.15, 0.2) is 36.4 Å². The zero-order valence-electron chi connectivity index (χ0n) is 14.1. The number of ether oxygens (including phenoxy) is 2. The van der Waals surface area contributed by atoms with E-state index in [1.54, 1.807) is 24.3 Å². The molecule has 5 N–H and O–H groups in total. The summed E-state index contributed by atoms with van der Waals surface area (Å²) in [4.78, 5) is 10.8. The molecule has 142 valence electrons. The van der Waals surface area contributed by atoms with Crippen LogP contribution in [0.2, 0.25) is 0 Å². The van der Waals surface area contributed by atoms with Crippen molar-refractivity contribution in [3.63, 3.8) is 0 Å². The highest BCUT2D eigenvalue weighted by atomic mass is 16.7. The van der Waals surface area contributed by atoms with Gasteiger partial charge in [-0.2, -0.15) is 0 Å². The Hall–Kier alpha value is -2.23. The van der Waals surface area contributed by atoms with Crippen molar-refractivity contribution in [2.75, 3.05) is 6.61 Å². The zero-order valence-corrected chi connectivity index (χ0v) is 14.1. The third-order valence-electron chi connectivity index (χ3n) is 3.81. The average molecular weight is 366 g/mol. The van der Waals surface area contributed by atoms with Gasteiger partial charge in [0.05, 0.1) is 6.61 Å². The molecule has 1 aromatic rings. The molecule has 0 saturated carbocycles. The van der Waals surface area contributed by atoms with Gasteiger partial charge in [0, 0.05) is 0 Å². The summed E-state index contributed by atoms with van der Waals surface area (Å²) in [6.45, 7) is 0.857. The van der Waals surface area contributed by atoms with Gasteiger partial charge in [0.25, 0.3) is 0 Å². The lowest BCUT2D eigenvalue weighted by molar-refractivity contribution is -0.277. The zero-order chi connectivity index (χ0) is 19.3. The SMILES string of the molecule is CC(=O)/C=C/C=C/c1ccc(O[C@@H]2OC(CO)[C@H](O)[C@H](O)C2O)c(O)c1. The van der Waals surface area contributed by atoms with Gasteiger partial charge in [-0.15, -0.1) is 0 Å². The molecule has 8 nitrogen and oxygen atoms in total. The lowest BCUT2D eigenvalue weighted by atomic mass is 9.99. The largest absolute Gasteiger partial charge is 0.504 e. The van der Waals surface area contributed by atoms with Crippen LogP contribution in [-0.2, 0) is 9.53 Å². The fraction of sp³-hybridized carbons (Fsp3) is 0.389. The number of hydrogen-bond acceptors (Lipinski definition) is 8. The summed E-state index contributed by atoms with van der Waals surface area (Å²) in [7, 11) is 0. The fourth-order valence-electron chi connectivity index (χ4n) is 2.39. The molecule has 1 saturated heterocycles. The van der Waals surface area contributed by atoms with Crippen molar-refractivity contribution >= 4 is 11.9 Å². The quantitative estimate of drug-likeness (QED) is 0.343. The smallest absolute Gasteiger partial charge is 0.229 e. The molecule has 1 aliphatic rings. The van der Waals surface area contributed by atoms with Crippen molar-refractivity contribution in [1.29, 1.82) is 0 Å². The Morgan fingerprint density at radius 2 is 1.92 bits per heavy atom. The molecule has 0 spiro atoms. The molecule has 0 aliphatic carbocycles. The Morgan fingerprint density at radius 1 is 1.19 bits per heavy atom. The van der Waals surface area contributed by atoms with Gasteiger partial charge < -0.3 is 35.0 Å². The topological polar surface area (TPSA) is 137 Å². The predicted molar refractivity (Wildman–Crippen MR) is 91.4 cm³/mol. The van der Waals surface area contributed by atoms with Crippen molar-refractivity contribution in [3.05, 3.63) is 42.0 Å². The number of carbonyl (C=O) groups excluding carboxylic acids is 1. The van der Waals surface area contributed by atoms with E-state index in [0.29, 0.717) is 5.56 Å². The number of aliphatic hydroxyl groups is 4. The summed E-state index contributed by atoms with van der Waals surface area (Å²) in [5, 5.41) is 48.7. The number of carbonyl (C=O) groups is 1. The Bertz CT molecular complexity index is 682. The maximum atomic E-state index is 10.8. The van der Waals surface area contributed by atoms with Crippen LogP contribution in [-0.4, -0.2) is 68.6 Å². The molecular weight excluding hydrogens is 344 g/mol. The van der Waals surface area contributed by atoms with Crippen molar-refractivity contribution in [2.45, 2.75) is 37.6 Å². The molecule has 26 heavy (non-hydrogen) atoms. The Morgan fingerprint density at radius 3 is 2.54 bits per heavy atom. The molecule has 0 amide bonds. The maximum Gasteiger partial charge on any atom is 0.229 e. The fourth-order valence-corrected chi connectivity index (χ4v) is 2.39. The van der Waals surface area contributed by atoms with Crippen LogP contribution in [0.25, 0.3) is 6.08 Å². The van der Waals surface area contributed by atoms with Crippen molar-refractivity contribution in [1.82, 2.24) is 0 Å². The summed E-state index contributed by atoms with van der Waals surface area (Å²) in [6.07, 6.45) is -0.839. The third-order valence-corrected chi connectivity index (χ3v) is 3.81. The van der Waals surface area contributed by atoms with E-state index in [9.17, 15) is 25.2 Å². The number of benzene rings is 1. The molecule has 0 radical (unpaired) electrons. The standard InChI is InChI=1S/C18H22O8/c1-10(20)4-2-3-5-11-6-7-13(12(21)8-11)25-18-17(24)16(23)15(22)14(9-19)26-18/h2-8,14-19,21-24H,9H2,1H3/b4-2+,5-3+/t14?,15-,16-,17?,18+/m0/s1. The van der Waals surface area contributed by atoms with Crippen LogP contribution in [0.4, 0.5) is 0 Å². The molecule has 5 atom stereocenters. The van der Waals surface area contributed by atoms with E-state index in [2.05, 4.69) is 0 Å². The highest BCUT2D eigenvalue weighted by Crippen LogP contribution is 2.31. The Balaban J connectivity index is 2.08. The van der Waals surface area contributed by atoms with Crippen LogP contribution in [0.1, 0.15) is 12.5 Å². The monoisotopic (exact) mass is 366 g/mol. The molecule has 1 heterocycles. The number of ketones is 1. The molecule has 1 fully saturated rings. The number of aliphatic hydroxyl groups excluding tert-OH is 4. The van der Waals surface area contributed by atoms with Crippen molar-refractivity contribution < 1.29 is 39.8 Å². The van der Waals surface area contributed by atoms with E-state index in [-0.39, 0.29) is 17.3 Å². The lowest BCUT2D eigenvalue weighted by Crippen LogP contribution is -2.60. The summed E-state index contributed by atoms with van der Waals surface area (Å²) < 4.78 is 10.6. The van der Waals surface area contributed by atoms with Gasteiger partial charge in [0.2, 0.25) is 6.29 Å². The molecule has 1 aromatic carbocycles. The normalized spacial score (nSPS) is 29.3. The molecule has 1 aliphatic heterocycles. The summed E-state index contributed by atoms with van der Waals surface area (Å²) in [5.41, 5.74) is 0.636. The van der Waals surface area contributed by atoms with Crippen molar-refractivity contribution in [2.24, 2.45) is 0 Å². The first kappa shape index (κ1) is 20.1. The van der Waals surface area contributed by atoms with E-state index in [1.165, 1.54) is 25.1 Å². The highest BCUT2D eigenvalue weighted by molar-refractivity contribution is 5.87. The second-order valence-corrected chi connectivity index (χ2v) is 5.87. The number of phenols is 1. The van der Waals surface area contributed by atoms with E-state index in [1.807, 2.05) is 0 Å². The molecule has 2 unspecified atom stereocenters. The van der Waals surface area contributed by atoms with Crippen LogP contribution >= 0.6 is 0 Å². The van der Waals surface area contributed by atoms with E-state index in [4.69, 9.17) is 14.6 Å². The van der Waals surface area contributed by atoms with E-state index >= 15 is 0 Å². The van der Waals surface area contributed by atoms with Gasteiger partial charge in [-0.1, -0.05) is 24.3 Å². The maximum absolute atomic E-state index is 10.8. The van der Waals surface area contributed by atoms with Crippen LogP contribution in [0, 0.1) is 0 Å². The number of aromatic hydroxyl groups is 1. The van der Waals surface area contributed by atoms with Gasteiger partial charge in [0.1, 0.15) is 24.4 Å². The van der Waals surface area contributed by atoms with Gasteiger partial charge >= 0.3 is 0 Å². The highest BCUT2D eigenvalue weighted by Gasteiger charge is 2.44. The molecule has 0 aromatic heterocycles. The minimum atomic E-state index is -1.57. The average Bonchev–Trinajstić information content (AvgIpc) is 2.61. The van der Waals surface area contributed by atoms with Gasteiger partial charge in [0.15, 0.2) is 17.3 Å². The minimum absolute atomic E-state index is 0.00856. The van der Waals surface area contributed by atoms with Gasteiger partial charge in [-0.25, -0.2) is 0 Å². The second-order valence-electron chi connectivity index (χ2n) is 5.87. The minimum Gasteiger partial charge on any atom is -0.504 e. The number of hydrogen-bond donors (Lipinski definition) is 5. The number of rotatable bonds is 6. The van der Waals surface area contributed by atoms with Crippen molar-refractivity contribution in [3.8, 4) is 11.5 Å². The molecule has 8 heteroatoms. The first-order valence-electron chi connectivity index (χ1n) is 7.99. The van der Waals surface area contributed by atoms with Crippen LogP contribution in [0.5, 0.6) is 11.5 Å². The lowest BCUT2D eigenvalue weighted by Gasteiger charge is -2.39. The number of allylic oxidation sites excluding steroid dienone is 3. The van der Waals surface area contributed by atoms with Gasteiger partial charge in [-0.3, -0.25) is 4.79 Å². The van der Waals surface area contributed by atoms with E-state index < -0.39 is 37.3 Å². The first-order valence-corrected chi connectivity index (χ1v) is 7.99. The second kappa shape index (κ2) is 8.93. The number of phenolic OH excluding ortho intramolecular Hbond substituents is 1. The summed E-state index contributed by atoms with van der Waals surface area (Å²) >= 11 is 0. The van der Waals surface area contributed by atoms with Crippen LogP contribution < -0.4 is 4.74 Å². The summed E-state index contributed by atoms with van der Waals surface area (Å²) in [6, 6.07) is 4.46. The molecule has 2 rings (SSSR count). The van der Waals surface area contributed by atoms with Gasteiger partial charge in [-0.05, 0) is 30.7 Å². The molecule has 0 bridgehead atoms. The Kier molecular flexibility index (Phi) is 6.90. The molecular formula is C18H22O8. The predicted octanol–water partition coefficient (Wildman–Crippen LogP) is -0.271. The van der Waals surface area contributed by atoms with Crippen LogP contribution in [0.3, 0.4) is 0 Å². The summed E-state index contributed by atoms with van der Waals surface area (Å²) in [5.74, 6) is -0.328. The first-order chi connectivity index (χ1) is 12.3.